The number of amides is 1. The normalized spacial score (nSPS) is 11.4. The van der Waals surface area contributed by atoms with E-state index < -0.39 is 17.2 Å². The summed E-state index contributed by atoms with van der Waals surface area (Å²) in [6, 6.07) is 9.47. The second-order valence-electron chi connectivity index (χ2n) is 4.72. The third-order valence-corrected chi connectivity index (χ3v) is 4.34. The van der Waals surface area contributed by atoms with Crippen LogP contribution >= 0.6 is 27.7 Å². The maximum Gasteiger partial charge on any atom is 0.446 e. The van der Waals surface area contributed by atoms with Crippen LogP contribution in [0.25, 0.3) is 0 Å². The van der Waals surface area contributed by atoms with Gasteiger partial charge in [-0.05, 0) is 61.2 Å². The minimum Gasteiger partial charge on any atom is -0.309 e. The van der Waals surface area contributed by atoms with Crippen molar-refractivity contribution in [3.8, 4) is 0 Å². The van der Waals surface area contributed by atoms with E-state index in [1.165, 1.54) is 41.3 Å². The molecule has 2 aromatic carbocycles. The summed E-state index contributed by atoms with van der Waals surface area (Å²) in [5.41, 5.74) is -4.08. The number of benzene rings is 2. The molecule has 0 atom stereocenters. The highest BCUT2D eigenvalue weighted by atomic mass is 79.9. The van der Waals surface area contributed by atoms with Crippen LogP contribution in [-0.2, 0) is 0 Å². The topological polar surface area (TPSA) is 20.3 Å². The zero-order chi connectivity index (χ0) is 17.9. The molecule has 128 valence electrons. The Hall–Kier alpha value is -1.54. The van der Waals surface area contributed by atoms with Crippen molar-refractivity contribution in [1.29, 1.82) is 0 Å². The van der Waals surface area contributed by atoms with Crippen molar-refractivity contribution in [2.75, 3.05) is 11.4 Å². The molecule has 8 heteroatoms. The van der Waals surface area contributed by atoms with E-state index in [1.54, 1.807) is 13.0 Å². The number of halogens is 5. The quantitative estimate of drug-likeness (QED) is 0.454. The number of hydrogen-bond acceptors (Lipinski definition) is 2. The summed E-state index contributed by atoms with van der Waals surface area (Å²) in [6.07, 6.45) is 0. The van der Waals surface area contributed by atoms with E-state index in [9.17, 15) is 22.4 Å². The van der Waals surface area contributed by atoms with Crippen LogP contribution in [0.5, 0.6) is 0 Å². The standard InChI is InChI=1S/C16H12BrF4NOS/c1-2-22(15(23)13-8-3-10(17)9-14(13)18)11-4-6-12(7-5-11)24-16(19,20)21/h3-9H,2H2,1H3. The number of anilines is 1. The molecule has 0 fully saturated rings. The molecule has 2 nitrogen and oxygen atoms in total. The van der Waals surface area contributed by atoms with Crippen molar-refractivity contribution in [2.45, 2.75) is 17.3 Å². The van der Waals surface area contributed by atoms with Gasteiger partial charge in [0, 0.05) is 21.6 Å². The first-order valence-corrected chi connectivity index (χ1v) is 8.45. The Morgan fingerprint density at radius 1 is 1.17 bits per heavy atom. The molecule has 2 rings (SSSR count). The van der Waals surface area contributed by atoms with Crippen molar-refractivity contribution in [1.82, 2.24) is 0 Å². The van der Waals surface area contributed by atoms with Crippen LogP contribution in [0.4, 0.5) is 23.2 Å². The molecule has 0 spiro atoms. The van der Waals surface area contributed by atoms with Crippen LogP contribution in [0, 0.1) is 5.82 Å². The summed E-state index contributed by atoms with van der Waals surface area (Å²) in [5, 5.41) is 0. The Morgan fingerprint density at radius 3 is 2.29 bits per heavy atom. The van der Waals surface area contributed by atoms with Crippen molar-refractivity contribution in [3.63, 3.8) is 0 Å². The Balaban J connectivity index is 2.26. The summed E-state index contributed by atoms with van der Waals surface area (Å²) in [7, 11) is 0. The first-order valence-electron chi connectivity index (χ1n) is 6.84. The average molecular weight is 422 g/mol. The van der Waals surface area contributed by atoms with Gasteiger partial charge in [0.2, 0.25) is 0 Å². The molecule has 0 N–H and O–H groups in total. The first kappa shape index (κ1) is 18.8. The number of carbonyl (C=O) groups excluding carboxylic acids is 1. The number of rotatable bonds is 4. The second-order valence-corrected chi connectivity index (χ2v) is 6.77. The zero-order valence-electron chi connectivity index (χ0n) is 12.4. The highest BCUT2D eigenvalue weighted by molar-refractivity contribution is 9.10. The van der Waals surface area contributed by atoms with E-state index >= 15 is 0 Å². The smallest absolute Gasteiger partial charge is 0.309 e. The molecule has 0 saturated carbocycles. The molecule has 0 unspecified atom stereocenters. The van der Waals surface area contributed by atoms with Gasteiger partial charge in [-0.1, -0.05) is 15.9 Å². The van der Waals surface area contributed by atoms with E-state index in [4.69, 9.17) is 0 Å². The lowest BCUT2D eigenvalue weighted by atomic mass is 10.1. The van der Waals surface area contributed by atoms with Gasteiger partial charge in [-0.3, -0.25) is 4.79 Å². The average Bonchev–Trinajstić information content (AvgIpc) is 2.48. The van der Waals surface area contributed by atoms with E-state index in [-0.39, 0.29) is 28.8 Å². The molecule has 0 radical (unpaired) electrons. The number of carbonyl (C=O) groups is 1. The number of alkyl halides is 3. The molecule has 0 saturated heterocycles. The van der Waals surface area contributed by atoms with Gasteiger partial charge in [-0.25, -0.2) is 4.39 Å². The minimum atomic E-state index is -4.37. The molecule has 1 amide bonds. The lowest BCUT2D eigenvalue weighted by Crippen LogP contribution is -2.31. The zero-order valence-corrected chi connectivity index (χ0v) is 14.8. The number of nitrogens with zero attached hydrogens (tertiary/aromatic N) is 1. The predicted molar refractivity (Wildman–Crippen MR) is 89.8 cm³/mol. The van der Waals surface area contributed by atoms with E-state index in [2.05, 4.69) is 15.9 Å². The van der Waals surface area contributed by atoms with Crippen molar-refractivity contribution in [3.05, 3.63) is 58.3 Å². The van der Waals surface area contributed by atoms with Crippen LogP contribution in [0.3, 0.4) is 0 Å². The Labute approximate surface area is 149 Å². The largest absolute Gasteiger partial charge is 0.446 e. The fraction of sp³-hybridized carbons (Fsp3) is 0.188. The van der Waals surface area contributed by atoms with Gasteiger partial charge in [0.1, 0.15) is 5.82 Å². The van der Waals surface area contributed by atoms with Crippen LogP contribution in [-0.4, -0.2) is 18.0 Å². The third-order valence-electron chi connectivity index (χ3n) is 3.10. The third kappa shape index (κ3) is 4.73. The minimum absolute atomic E-state index is 0.0181. The molecule has 0 bridgehead atoms. The molecule has 0 heterocycles. The van der Waals surface area contributed by atoms with Gasteiger partial charge in [-0.15, -0.1) is 0 Å². The number of thioether (sulfide) groups is 1. The van der Waals surface area contributed by atoms with Gasteiger partial charge in [0.25, 0.3) is 5.91 Å². The first-order chi connectivity index (χ1) is 11.2. The monoisotopic (exact) mass is 421 g/mol. The van der Waals surface area contributed by atoms with Crippen LogP contribution in [0.1, 0.15) is 17.3 Å². The predicted octanol–water partition coefficient (Wildman–Crippen LogP) is 5.87. The number of hydrogen-bond donors (Lipinski definition) is 0. The van der Waals surface area contributed by atoms with Crippen LogP contribution in [0.2, 0.25) is 0 Å². The molecule has 0 aliphatic rings. The summed E-state index contributed by atoms with van der Waals surface area (Å²) >= 11 is 2.89. The van der Waals surface area contributed by atoms with E-state index in [1.807, 2.05) is 0 Å². The van der Waals surface area contributed by atoms with Crippen molar-refractivity contribution < 1.29 is 22.4 Å². The van der Waals surface area contributed by atoms with Crippen molar-refractivity contribution in [2.24, 2.45) is 0 Å². The highest BCUT2D eigenvalue weighted by Gasteiger charge is 2.29. The summed E-state index contributed by atoms with van der Waals surface area (Å²) in [6.45, 7) is 1.95. The Bertz CT molecular complexity index is 734. The SMILES string of the molecule is CCN(C(=O)c1ccc(Br)cc1F)c1ccc(SC(F)(F)F)cc1. The van der Waals surface area contributed by atoms with Crippen molar-refractivity contribution >= 4 is 39.3 Å². The molecule has 2 aromatic rings. The second kappa shape index (κ2) is 7.57. The Morgan fingerprint density at radius 2 is 1.79 bits per heavy atom. The summed E-state index contributed by atoms with van der Waals surface area (Å²) in [4.78, 5) is 13.8. The van der Waals surface area contributed by atoms with Gasteiger partial charge in [0.05, 0.1) is 5.56 Å². The van der Waals surface area contributed by atoms with Gasteiger partial charge in [-0.2, -0.15) is 13.2 Å². The van der Waals surface area contributed by atoms with Gasteiger partial charge in [0.15, 0.2) is 0 Å². The fourth-order valence-electron chi connectivity index (χ4n) is 2.08. The molecular formula is C16H12BrF4NOS. The summed E-state index contributed by atoms with van der Waals surface area (Å²) < 4.78 is 51.5. The maximum absolute atomic E-state index is 14.0. The lowest BCUT2D eigenvalue weighted by molar-refractivity contribution is -0.0328. The van der Waals surface area contributed by atoms with Gasteiger partial charge >= 0.3 is 5.51 Å². The van der Waals surface area contributed by atoms with E-state index in [0.717, 1.165) is 0 Å². The van der Waals surface area contributed by atoms with Crippen LogP contribution in [0.15, 0.2) is 51.8 Å². The Kier molecular flexibility index (Phi) is 5.92. The lowest BCUT2D eigenvalue weighted by Gasteiger charge is -2.21. The highest BCUT2D eigenvalue weighted by Crippen LogP contribution is 2.37. The molecule has 0 aromatic heterocycles. The molecule has 0 aliphatic carbocycles. The molecule has 24 heavy (non-hydrogen) atoms. The van der Waals surface area contributed by atoms with Crippen LogP contribution < -0.4 is 4.90 Å². The fourth-order valence-corrected chi connectivity index (χ4v) is 2.95. The van der Waals surface area contributed by atoms with E-state index in [0.29, 0.717) is 10.2 Å². The van der Waals surface area contributed by atoms with Gasteiger partial charge < -0.3 is 4.90 Å². The molecule has 0 aliphatic heterocycles. The summed E-state index contributed by atoms with van der Waals surface area (Å²) in [5.74, 6) is -1.23. The molecular weight excluding hydrogens is 410 g/mol. The maximum atomic E-state index is 14.0.